The molecule has 0 spiro atoms. The first kappa shape index (κ1) is 19.5. The molecule has 25 heavy (non-hydrogen) atoms. The summed E-state index contributed by atoms with van der Waals surface area (Å²) in [5.41, 5.74) is 0.986. The van der Waals surface area contributed by atoms with E-state index in [1.807, 2.05) is 13.0 Å². The molecule has 0 saturated carbocycles. The summed E-state index contributed by atoms with van der Waals surface area (Å²) in [6.45, 7) is 1.90. The number of carbonyl (C=O) groups is 1. The predicted molar refractivity (Wildman–Crippen MR) is 92.5 cm³/mol. The molecule has 134 valence electrons. The molecular weight excluding hydrogens is 473 g/mol. The van der Waals surface area contributed by atoms with E-state index in [1.165, 1.54) is 12.1 Å². The van der Waals surface area contributed by atoms with Crippen LogP contribution < -0.4 is 9.47 Å². The van der Waals surface area contributed by atoms with Crippen LogP contribution in [0.5, 0.6) is 17.2 Å². The van der Waals surface area contributed by atoms with Gasteiger partial charge in [-0.2, -0.15) is 17.2 Å². The maximum absolute atomic E-state index is 13.1. The molecule has 6 nitrogen and oxygen atoms in total. The molecule has 0 aliphatic heterocycles. The van der Waals surface area contributed by atoms with Gasteiger partial charge in [-0.15, -0.1) is 0 Å². The van der Waals surface area contributed by atoms with Crippen LogP contribution in [-0.2, 0) is 14.9 Å². The van der Waals surface area contributed by atoms with Gasteiger partial charge in [-0.05, 0) is 77.5 Å². The van der Waals surface area contributed by atoms with Crippen molar-refractivity contribution in [1.82, 2.24) is 0 Å². The van der Waals surface area contributed by atoms with Crippen molar-refractivity contribution in [1.29, 1.82) is 0 Å². The molecule has 10 heteroatoms. The fourth-order valence-corrected chi connectivity index (χ4v) is 2.80. The Labute approximate surface area is 155 Å². The van der Waals surface area contributed by atoms with E-state index in [9.17, 15) is 22.0 Å². The molecule has 0 saturated heterocycles. The van der Waals surface area contributed by atoms with Gasteiger partial charge in [0, 0.05) is 3.57 Å². The van der Waals surface area contributed by atoms with Gasteiger partial charge in [0.15, 0.2) is 0 Å². The Hall–Kier alpha value is -1.79. The van der Waals surface area contributed by atoms with E-state index < -0.39 is 21.3 Å². The second-order valence-corrected chi connectivity index (χ2v) is 7.63. The Kier molecular flexibility index (Phi) is 5.64. The summed E-state index contributed by atoms with van der Waals surface area (Å²) in [6.07, 6.45) is 0. The second kappa shape index (κ2) is 7.22. The summed E-state index contributed by atoms with van der Waals surface area (Å²) in [5, 5.41) is -5.06. The summed E-state index contributed by atoms with van der Waals surface area (Å²) in [4.78, 5) is 11.2. The van der Waals surface area contributed by atoms with Crippen molar-refractivity contribution in [2.75, 3.05) is 0 Å². The van der Waals surface area contributed by atoms with E-state index in [0.29, 0.717) is 11.5 Å². The van der Waals surface area contributed by atoms with E-state index >= 15 is 0 Å². The fraction of sp³-hybridized carbons (Fsp3) is 0.133. The minimum Gasteiger partial charge on any atom is -0.457 e. The Bertz CT molecular complexity index is 876. The van der Waals surface area contributed by atoms with E-state index in [2.05, 4.69) is 27.3 Å². The molecule has 0 aromatic heterocycles. The molecule has 0 aliphatic carbocycles. The number of aryl methyl sites for hydroxylation is 1. The molecule has 1 N–H and O–H groups in total. The van der Waals surface area contributed by atoms with Gasteiger partial charge >= 0.3 is 21.3 Å². The van der Waals surface area contributed by atoms with Crippen LogP contribution in [0.3, 0.4) is 0 Å². The molecule has 2 aromatic rings. The third-order valence-corrected chi connectivity index (χ3v) is 4.28. The topological polar surface area (TPSA) is 89.9 Å². The zero-order chi connectivity index (χ0) is 18.8. The lowest BCUT2D eigenvalue weighted by molar-refractivity contribution is -0.151. The summed E-state index contributed by atoms with van der Waals surface area (Å²) < 4.78 is 66.4. The molecule has 0 bridgehead atoms. The van der Waals surface area contributed by atoms with Crippen molar-refractivity contribution >= 4 is 38.7 Å². The van der Waals surface area contributed by atoms with Crippen molar-refractivity contribution < 1.29 is 36.0 Å². The number of rotatable bonds is 5. The Balaban J connectivity index is 2.11. The monoisotopic (exact) mass is 484 g/mol. The summed E-state index contributed by atoms with van der Waals surface area (Å²) in [5.74, 6) is -1.83. The van der Waals surface area contributed by atoms with Gasteiger partial charge < -0.3 is 9.47 Å². The van der Waals surface area contributed by atoms with E-state index in [4.69, 9.17) is 9.29 Å². The number of carbonyl (C=O) groups excluding carboxylic acids is 1. The number of esters is 1. The van der Waals surface area contributed by atoms with Gasteiger partial charge in [0.1, 0.15) is 17.2 Å². The lowest BCUT2D eigenvalue weighted by Crippen LogP contribution is -2.40. The number of benzene rings is 2. The summed E-state index contributed by atoms with van der Waals surface area (Å²) in [7, 11) is -5.91. The van der Waals surface area contributed by atoms with Crippen molar-refractivity contribution in [2.45, 2.75) is 12.2 Å². The molecule has 0 unspecified atom stereocenters. The van der Waals surface area contributed by atoms with Gasteiger partial charge in [0.05, 0.1) is 0 Å². The molecule has 0 amide bonds. The summed E-state index contributed by atoms with van der Waals surface area (Å²) >= 11 is 2.13. The van der Waals surface area contributed by atoms with Crippen LogP contribution in [0.1, 0.15) is 5.56 Å². The zero-order valence-corrected chi connectivity index (χ0v) is 15.5. The standard InChI is InChI=1S/C15H11F2IO6S/c1-9-6-10(18)8-13(7-9)23-11-2-4-12(5-3-11)24-14(19)15(16,17)25(20,21)22/h2-8H,1H3,(H,20,21,22). The Morgan fingerprint density at radius 2 is 1.64 bits per heavy atom. The smallest absolute Gasteiger partial charge is 0.457 e. The van der Waals surface area contributed by atoms with Crippen LogP contribution in [0.25, 0.3) is 0 Å². The lowest BCUT2D eigenvalue weighted by Gasteiger charge is -2.12. The van der Waals surface area contributed by atoms with Crippen LogP contribution in [-0.4, -0.2) is 24.2 Å². The molecular formula is C15H11F2IO6S. The first-order chi connectivity index (χ1) is 11.5. The van der Waals surface area contributed by atoms with E-state index in [-0.39, 0.29) is 5.75 Å². The SMILES string of the molecule is Cc1cc(I)cc(Oc2ccc(OC(=O)C(F)(F)S(=O)(=O)O)cc2)c1. The second-order valence-electron chi connectivity index (χ2n) is 4.92. The van der Waals surface area contributed by atoms with E-state index in [1.54, 1.807) is 12.1 Å². The highest BCUT2D eigenvalue weighted by Gasteiger charge is 2.54. The highest BCUT2D eigenvalue weighted by molar-refractivity contribution is 14.1. The van der Waals surface area contributed by atoms with Crippen LogP contribution in [0.4, 0.5) is 8.78 Å². The average molecular weight is 484 g/mol. The van der Waals surface area contributed by atoms with Gasteiger partial charge in [-0.1, -0.05) is 0 Å². The minimum absolute atomic E-state index is 0.334. The number of hydrogen-bond donors (Lipinski definition) is 1. The highest BCUT2D eigenvalue weighted by atomic mass is 127. The van der Waals surface area contributed by atoms with Crippen molar-refractivity contribution in [3.63, 3.8) is 0 Å². The third kappa shape index (κ3) is 4.86. The quantitative estimate of drug-likeness (QED) is 0.301. The molecule has 0 aliphatic rings. The number of alkyl halides is 2. The zero-order valence-electron chi connectivity index (χ0n) is 12.6. The molecule has 2 rings (SSSR count). The molecule has 0 atom stereocenters. The van der Waals surface area contributed by atoms with Crippen molar-refractivity contribution in [3.8, 4) is 17.2 Å². The molecule has 0 heterocycles. The number of ether oxygens (including phenoxy) is 2. The van der Waals surface area contributed by atoms with Gasteiger partial charge in [0.2, 0.25) is 0 Å². The molecule has 0 radical (unpaired) electrons. The lowest BCUT2D eigenvalue weighted by atomic mass is 10.2. The van der Waals surface area contributed by atoms with Crippen LogP contribution >= 0.6 is 22.6 Å². The fourth-order valence-electron chi connectivity index (χ4n) is 1.75. The van der Waals surface area contributed by atoms with Crippen LogP contribution in [0.2, 0.25) is 0 Å². The maximum atomic E-state index is 13.1. The number of hydrogen-bond acceptors (Lipinski definition) is 5. The van der Waals surface area contributed by atoms with Crippen molar-refractivity contribution in [3.05, 3.63) is 51.6 Å². The first-order valence-electron chi connectivity index (χ1n) is 6.61. The number of halogens is 3. The first-order valence-corrected chi connectivity index (χ1v) is 9.13. The Morgan fingerprint density at radius 1 is 1.08 bits per heavy atom. The predicted octanol–water partition coefficient (Wildman–Crippen LogP) is 3.78. The largest absolute Gasteiger partial charge is 0.466 e. The summed E-state index contributed by atoms with van der Waals surface area (Å²) in [6, 6.07) is 10.5. The maximum Gasteiger partial charge on any atom is 0.466 e. The Morgan fingerprint density at radius 3 is 2.16 bits per heavy atom. The van der Waals surface area contributed by atoms with Crippen LogP contribution in [0.15, 0.2) is 42.5 Å². The molecule has 2 aromatic carbocycles. The average Bonchev–Trinajstić information content (AvgIpc) is 2.47. The van der Waals surface area contributed by atoms with Gasteiger partial charge in [-0.25, -0.2) is 4.79 Å². The van der Waals surface area contributed by atoms with Gasteiger partial charge in [0.25, 0.3) is 0 Å². The normalized spacial score (nSPS) is 11.9. The molecule has 0 fully saturated rings. The van der Waals surface area contributed by atoms with Crippen LogP contribution in [0, 0.1) is 10.5 Å². The minimum atomic E-state index is -5.91. The highest BCUT2D eigenvalue weighted by Crippen LogP contribution is 2.28. The van der Waals surface area contributed by atoms with Gasteiger partial charge in [-0.3, -0.25) is 4.55 Å². The van der Waals surface area contributed by atoms with Crippen molar-refractivity contribution in [2.24, 2.45) is 0 Å². The third-order valence-electron chi connectivity index (χ3n) is 2.85. The van der Waals surface area contributed by atoms with E-state index in [0.717, 1.165) is 21.3 Å².